The molecule has 7 heteroatoms. The summed E-state index contributed by atoms with van der Waals surface area (Å²) < 4.78 is 12.3. The zero-order valence-corrected chi connectivity index (χ0v) is 16.4. The molecule has 0 radical (unpaired) electrons. The maximum atomic E-state index is 13.4. The number of rotatable bonds is 6. The largest absolute Gasteiger partial charge is 0.493 e. The molecule has 0 amide bonds. The van der Waals surface area contributed by atoms with Crippen LogP contribution < -0.4 is 15.0 Å². The molecule has 0 spiro atoms. The maximum Gasteiger partial charge on any atom is 0.283 e. The summed E-state index contributed by atoms with van der Waals surface area (Å²) in [7, 11) is 3.14. The highest BCUT2D eigenvalue weighted by molar-refractivity contribution is 7.99. The summed E-state index contributed by atoms with van der Waals surface area (Å²) in [6, 6.07) is 13.1. The Bertz CT molecular complexity index is 1240. The van der Waals surface area contributed by atoms with Crippen LogP contribution in [0.15, 0.2) is 65.1 Å². The van der Waals surface area contributed by atoms with E-state index < -0.39 is 0 Å². The van der Waals surface area contributed by atoms with Gasteiger partial charge in [-0.1, -0.05) is 36.0 Å². The molecule has 2 aromatic carbocycles. The van der Waals surface area contributed by atoms with Gasteiger partial charge in [-0.2, -0.15) is 0 Å². The zero-order chi connectivity index (χ0) is 19.7. The number of methoxy groups -OCH3 is 2. The molecule has 2 aromatic heterocycles. The first kappa shape index (κ1) is 18.2. The molecule has 0 aliphatic carbocycles. The van der Waals surface area contributed by atoms with Crippen molar-refractivity contribution < 1.29 is 9.47 Å². The standard InChI is InChI=1S/C21H19N3O3S/c1-4-11-28-21-23-18-14-7-5-6-8-15(14)22-19(18)20(25)24(21)13-9-10-16(26-2)17(12-13)27-3/h4-10,12,22H,1,11H2,2-3H3. The second kappa shape index (κ2) is 7.44. The highest BCUT2D eigenvalue weighted by atomic mass is 32.2. The quantitative estimate of drug-likeness (QED) is 0.303. The second-order valence-corrected chi connectivity index (χ2v) is 7.06. The first-order valence-electron chi connectivity index (χ1n) is 8.67. The fraction of sp³-hybridized carbons (Fsp3) is 0.143. The highest BCUT2D eigenvalue weighted by Crippen LogP contribution is 2.31. The average Bonchev–Trinajstić information content (AvgIpc) is 3.11. The van der Waals surface area contributed by atoms with E-state index in [1.807, 2.05) is 30.3 Å². The number of nitrogens with zero attached hydrogens (tertiary/aromatic N) is 2. The minimum Gasteiger partial charge on any atom is -0.493 e. The van der Waals surface area contributed by atoms with Crippen LogP contribution in [0.4, 0.5) is 0 Å². The van der Waals surface area contributed by atoms with Gasteiger partial charge in [-0.3, -0.25) is 9.36 Å². The highest BCUT2D eigenvalue weighted by Gasteiger charge is 2.18. The number of para-hydroxylation sites is 1. The first-order chi connectivity index (χ1) is 13.7. The maximum absolute atomic E-state index is 13.4. The number of hydrogen-bond acceptors (Lipinski definition) is 5. The van der Waals surface area contributed by atoms with Crippen molar-refractivity contribution in [3.8, 4) is 17.2 Å². The van der Waals surface area contributed by atoms with Crippen molar-refractivity contribution >= 4 is 33.7 Å². The number of hydrogen-bond donors (Lipinski definition) is 1. The topological polar surface area (TPSA) is 69.1 Å². The lowest BCUT2D eigenvalue weighted by Gasteiger charge is -2.14. The molecule has 28 heavy (non-hydrogen) atoms. The monoisotopic (exact) mass is 393 g/mol. The smallest absolute Gasteiger partial charge is 0.283 e. The van der Waals surface area contributed by atoms with E-state index in [1.54, 1.807) is 37.0 Å². The Kier molecular flexibility index (Phi) is 4.83. The summed E-state index contributed by atoms with van der Waals surface area (Å²) >= 11 is 1.45. The molecule has 6 nitrogen and oxygen atoms in total. The van der Waals surface area contributed by atoms with Crippen molar-refractivity contribution in [1.82, 2.24) is 14.5 Å². The Morgan fingerprint density at radius 1 is 1.18 bits per heavy atom. The van der Waals surface area contributed by atoms with Crippen LogP contribution in [0.25, 0.3) is 27.6 Å². The summed E-state index contributed by atoms with van der Waals surface area (Å²) in [6.07, 6.45) is 1.79. The summed E-state index contributed by atoms with van der Waals surface area (Å²) in [6.45, 7) is 3.77. The molecule has 0 saturated heterocycles. The first-order valence-corrected chi connectivity index (χ1v) is 9.66. The summed E-state index contributed by atoms with van der Waals surface area (Å²) in [5.41, 5.74) is 2.51. The van der Waals surface area contributed by atoms with Gasteiger partial charge >= 0.3 is 0 Å². The molecular formula is C21H19N3O3S. The Morgan fingerprint density at radius 2 is 1.96 bits per heavy atom. The number of nitrogens with one attached hydrogen (secondary N) is 1. The molecule has 4 aromatic rings. The number of thioether (sulfide) groups is 1. The van der Waals surface area contributed by atoms with E-state index in [-0.39, 0.29) is 5.56 Å². The van der Waals surface area contributed by atoms with Crippen LogP contribution in [0.2, 0.25) is 0 Å². The zero-order valence-electron chi connectivity index (χ0n) is 15.6. The minimum absolute atomic E-state index is 0.167. The molecule has 0 unspecified atom stereocenters. The molecule has 4 rings (SSSR count). The van der Waals surface area contributed by atoms with Crippen molar-refractivity contribution in [1.29, 1.82) is 0 Å². The Labute approximate surface area is 165 Å². The number of H-pyrrole nitrogens is 1. The SMILES string of the molecule is C=CCSc1nc2c([nH]c3ccccc32)c(=O)n1-c1ccc(OC)c(OC)c1. The lowest BCUT2D eigenvalue weighted by molar-refractivity contribution is 0.354. The third kappa shape index (κ3) is 2.93. The van der Waals surface area contributed by atoms with E-state index in [0.29, 0.717) is 39.1 Å². The molecule has 0 aliphatic rings. The van der Waals surface area contributed by atoms with Crippen molar-refractivity contribution in [3.05, 3.63) is 65.5 Å². The molecule has 0 atom stereocenters. The van der Waals surface area contributed by atoms with Gasteiger partial charge in [0.2, 0.25) is 0 Å². The van der Waals surface area contributed by atoms with E-state index in [1.165, 1.54) is 11.8 Å². The van der Waals surface area contributed by atoms with Crippen LogP contribution >= 0.6 is 11.8 Å². The minimum atomic E-state index is -0.167. The van der Waals surface area contributed by atoms with Crippen LogP contribution in [0.3, 0.4) is 0 Å². The summed E-state index contributed by atoms with van der Waals surface area (Å²) in [5.74, 6) is 1.77. The van der Waals surface area contributed by atoms with Crippen molar-refractivity contribution in [2.24, 2.45) is 0 Å². The molecule has 0 aliphatic heterocycles. The van der Waals surface area contributed by atoms with E-state index in [2.05, 4.69) is 11.6 Å². The molecule has 0 saturated carbocycles. The van der Waals surface area contributed by atoms with Crippen molar-refractivity contribution in [2.75, 3.05) is 20.0 Å². The Balaban J connectivity index is 2.03. The van der Waals surface area contributed by atoms with E-state index in [0.717, 1.165) is 10.9 Å². The molecule has 2 heterocycles. The van der Waals surface area contributed by atoms with E-state index in [4.69, 9.17) is 14.5 Å². The predicted octanol–water partition coefficient (Wildman–Crippen LogP) is 4.16. The number of aromatic nitrogens is 3. The van der Waals surface area contributed by atoms with Crippen LogP contribution in [-0.4, -0.2) is 34.5 Å². The van der Waals surface area contributed by atoms with Gasteiger partial charge in [0.25, 0.3) is 5.56 Å². The van der Waals surface area contributed by atoms with Gasteiger partial charge < -0.3 is 14.5 Å². The number of fused-ring (bicyclic) bond motifs is 3. The lowest BCUT2D eigenvalue weighted by atomic mass is 10.2. The van der Waals surface area contributed by atoms with Crippen molar-refractivity contribution in [3.63, 3.8) is 0 Å². The second-order valence-electron chi connectivity index (χ2n) is 6.07. The number of ether oxygens (including phenoxy) is 2. The van der Waals surface area contributed by atoms with Gasteiger partial charge in [0.15, 0.2) is 16.7 Å². The molecule has 0 fully saturated rings. The lowest BCUT2D eigenvalue weighted by Crippen LogP contribution is -2.22. The normalized spacial score (nSPS) is 11.1. The van der Waals surface area contributed by atoms with Gasteiger partial charge in [-0.25, -0.2) is 4.98 Å². The van der Waals surface area contributed by atoms with Crippen LogP contribution in [0.5, 0.6) is 11.5 Å². The van der Waals surface area contributed by atoms with Gasteiger partial charge in [0.1, 0.15) is 11.0 Å². The van der Waals surface area contributed by atoms with Crippen LogP contribution in [0, 0.1) is 0 Å². The molecule has 142 valence electrons. The molecule has 0 bridgehead atoms. The average molecular weight is 393 g/mol. The van der Waals surface area contributed by atoms with Gasteiger partial charge in [0.05, 0.1) is 19.9 Å². The summed E-state index contributed by atoms with van der Waals surface area (Å²) in [5, 5.41) is 1.52. The fourth-order valence-electron chi connectivity index (χ4n) is 3.16. The molecule has 1 N–H and O–H groups in total. The van der Waals surface area contributed by atoms with Gasteiger partial charge in [-0.05, 0) is 18.2 Å². The van der Waals surface area contributed by atoms with Crippen molar-refractivity contribution in [2.45, 2.75) is 5.16 Å². The van der Waals surface area contributed by atoms with E-state index >= 15 is 0 Å². The fourth-order valence-corrected chi connectivity index (χ4v) is 3.90. The van der Waals surface area contributed by atoms with Gasteiger partial charge in [0, 0.05) is 22.7 Å². The van der Waals surface area contributed by atoms with Crippen LogP contribution in [0.1, 0.15) is 0 Å². The predicted molar refractivity (Wildman–Crippen MR) is 113 cm³/mol. The number of aromatic amines is 1. The van der Waals surface area contributed by atoms with Gasteiger partial charge in [-0.15, -0.1) is 6.58 Å². The number of benzene rings is 2. The Morgan fingerprint density at radius 3 is 2.71 bits per heavy atom. The third-order valence-electron chi connectivity index (χ3n) is 4.45. The molecular weight excluding hydrogens is 374 g/mol. The van der Waals surface area contributed by atoms with E-state index in [9.17, 15) is 4.79 Å². The third-order valence-corrected chi connectivity index (χ3v) is 5.38. The Hall–Kier alpha value is -3.19. The van der Waals surface area contributed by atoms with Crippen LogP contribution in [-0.2, 0) is 0 Å². The summed E-state index contributed by atoms with van der Waals surface area (Å²) in [4.78, 5) is 21.4.